The summed E-state index contributed by atoms with van der Waals surface area (Å²) in [6, 6.07) is 10.8. The van der Waals surface area contributed by atoms with Crippen LogP contribution in [0.4, 0.5) is 4.39 Å². The van der Waals surface area contributed by atoms with Crippen molar-refractivity contribution >= 4 is 5.97 Å². The number of carbonyl (C=O) groups is 1. The number of benzene rings is 1. The standard InChI is InChI=1S/C18H13FN2O3/c19-13-6-4-12(5-7-13)15-10-21(9-14-3-1-2-8-20-14)11-16(17(15)22)18(23)24/h1-8,10-11H,9H2,(H,23,24). The Morgan fingerprint density at radius 3 is 2.50 bits per heavy atom. The highest BCUT2D eigenvalue weighted by atomic mass is 19.1. The van der Waals surface area contributed by atoms with Crippen LogP contribution in [0.15, 0.2) is 65.8 Å². The van der Waals surface area contributed by atoms with Gasteiger partial charge in [0.05, 0.1) is 12.2 Å². The van der Waals surface area contributed by atoms with Gasteiger partial charge in [0.1, 0.15) is 11.4 Å². The molecule has 2 aromatic heterocycles. The van der Waals surface area contributed by atoms with Crippen LogP contribution in [0.1, 0.15) is 16.1 Å². The minimum Gasteiger partial charge on any atom is -0.477 e. The topological polar surface area (TPSA) is 72.2 Å². The van der Waals surface area contributed by atoms with E-state index in [4.69, 9.17) is 0 Å². The number of aromatic nitrogens is 2. The number of rotatable bonds is 4. The van der Waals surface area contributed by atoms with Crippen molar-refractivity contribution in [1.29, 1.82) is 0 Å². The van der Waals surface area contributed by atoms with E-state index < -0.39 is 17.2 Å². The van der Waals surface area contributed by atoms with Crippen molar-refractivity contribution in [1.82, 2.24) is 9.55 Å². The average molecular weight is 324 g/mol. The van der Waals surface area contributed by atoms with Gasteiger partial charge in [0.2, 0.25) is 5.43 Å². The lowest BCUT2D eigenvalue weighted by molar-refractivity contribution is 0.0694. The normalized spacial score (nSPS) is 10.5. The summed E-state index contributed by atoms with van der Waals surface area (Å²) in [6.07, 6.45) is 4.47. The summed E-state index contributed by atoms with van der Waals surface area (Å²) in [4.78, 5) is 28.0. The van der Waals surface area contributed by atoms with E-state index >= 15 is 0 Å². The quantitative estimate of drug-likeness (QED) is 0.801. The Kier molecular flexibility index (Phi) is 4.20. The molecule has 0 fully saturated rings. The first-order valence-corrected chi connectivity index (χ1v) is 7.18. The monoisotopic (exact) mass is 324 g/mol. The molecule has 0 bridgehead atoms. The fourth-order valence-electron chi connectivity index (χ4n) is 2.39. The molecule has 6 heteroatoms. The maximum absolute atomic E-state index is 13.1. The van der Waals surface area contributed by atoms with Crippen LogP contribution in [0.2, 0.25) is 0 Å². The van der Waals surface area contributed by atoms with E-state index in [1.807, 2.05) is 6.07 Å². The lowest BCUT2D eigenvalue weighted by atomic mass is 10.0. The van der Waals surface area contributed by atoms with Crippen molar-refractivity contribution in [3.63, 3.8) is 0 Å². The van der Waals surface area contributed by atoms with E-state index in [0.29, 0.717) is 12.1 Å². The molecule has 0 unspecified atom stereocenters. The summed E-state index contributed by atoms with van der Waals surface area (Å²) in [5, 5.41) is 9.28. The van der Waals surface area contributed by atoms with E-state index in [9.17, 15) is 19.1 Å². The summed E-state index contributed by atoms with van der Waals surface area (Å²) >= 11 is 0. The first kappa shape index (κ1) is 15.6. The average Bonchev–Trinajstić information content (AvgIpc) is 2.58. The highest BCUT2D eigenvalue weighted by molar-refractivity contribution is 5.88. The summed E-state index contributed by atoms with van der Waals surface area (Å²) in [5.74, 6) is -1.74. The number of carboxylic acids is 1. The largest absolute Gasteiger partial charge is 0.477 e. The molecule has 0 aliphatic carbocycles. The number of hydrogen-bond acceptors (Lipinski definition) is 3. The summed E-state index contributed by atoms with van der Waals surface area (Å²) in [7, 11) is 0. The number of halogens is 1. The van der Waals surface area contributed by atoms with Gasteiger partial charge in [-0.05, 0) is 29.8 Å². The number of hydrogen-bond donors (Lipinski definition) is 1. The Morgan fingerprint density at radius 2 is 1.88 bits per heavy atom. The van der Waals surface area contributed by atoms with Crippen molar-refractivity contribution in [2.75, 3.05) is 0 Å². The van der Waals surface area contributed by atoms with Crippen LogP contribution in [0.5, 0.6) is 0 Å². The van der Waals surface area contributed by atoms with Crippen LogP contribution in [0, 0.1) is 5.82 Å². The fraction of sp³-hybridized carbons (Fsp3) is 0.0556. The van der Waals surface area contributed by atoms with Gasteiger partial charge in [-0.2, -0.15) is 0 Å². The molecule has 1 aromatic carbocycles. The first-order chi connectivity index (χ1) is 11.5. The zero-order valence-corrected chi connectivity index (χ0v) is 12.5. The first-order valence-electron chi connectivity index (χ1n) is 7.18. The summed E-state index contributed by atoms with van der Waals surface area (Å²) < 4.78 is 14.7. The Hall–Kier alpha value is -3.28. The molecule has 5 nitrogen and oxygen atoms in total. The molecular weight excluding hydrogens is 311 g/mol. The highest BCUT2D eigenvalue weighted by Crippen LogP contribution is 2.17. The Labute approximate surface area is 136 Å². The number of aromatic carboxylic acids is 1. The molecule has 0 saturated carbocycles. The van der Waals surface area contributed by atoms with Crippen LogP contribution in [0.3, 0.4) is 0 Å². The number of carboxylic acid groups (broad SMARTS) is 1. The Balaban J connectivity index is 2.12. The molecule has 0 atom stereocenters. The second kappa shape index (κ2) is 6.45. The molecule has 120 valence electrons. The zero-order valence-electron chi connectivity index (χ0n) is 12.5. The second-order valence-electron chi connectivity index (χ2n) is 5.22. The van der Waals surface area contributed by atoms with Crippen molar-refractivity contribution in [3.05, 3.63) is 88.4 Å². The molecule has 0 radical (unpaired) electrons. The van der Waals surface area contributed by atoms with Crippen LogP contribution >= 0.6 is 0 Å². The fourth-order valence-corrected chi connectivity index (χ4v) is 2.39. The second-order valence-corrected chi connectivity index (χ2v) is 5.22. The van der Waals surface area contributed by atoms with E-state index in [1.54, 1.807) is 29.1 Å². The molecule has 0 saturated heterocycles. The van der Waals surface area contributed by atoms with Gasteiger partial charge in [-0.15, -0.1) is 0 Å². The molecule has 24 heavy (non-hydrogen) atoms. The van der Waals surface area contributed by atoms with Crippen molar-refractivity contribution in [2.24, 2.45) is 0 Å². The third-order valence-electron chi connectivity index (χ3n) is 3.54. The van der Waals surface area contributed by atoms with E-state index in [2.05, 4.69) is 4.98 Å². The van der Waals surface area contributed by atoms with E-state index in [0.717, 1.165) is 5.69 Å². The molecule has 0 aliphatic heterocycles. The predicted octanol–water partition coefficient (Wildman–Crippen LogP) is 2.80. The van der Waals surface area contributed by atoms with Gasteiger partial charge in [0.15, 0.2) is 0 Å². The van der Waals surface area contributed by atoms with Gasteiger partial charge in [0.25, 0.3) is 0 Å². The smallest absolute Gasteiger partial charge is 0.341 e. The zero-order chi connectivity index (χ0) is 17.1. The van der Waals surface area contributed by atoms with Crippen molar-refractivity contribution in [3.8, 4) is 11.1 Å². The summed E-state index contributed by atoms with van der Waals surface area (Å²) in [5.41, 5.74) is 0.437. The van der Waals surface area contributed by atoms with Gasteiger partial charge >= 0.3 is 5.97 Å². The van der Waals surface area contributed by atoms with E-state index in [1.165, 1.54) is 30.5 Å². The van der Waals surface area contributed by atoms with Crippen molar-refractivity contribution < 1.29 is 14.3 Å². The van der Waals surface area contributed by atoms with Gasteiger partial charge < -0.3 is 9.67 Å². The number of pyridine rings is 2. The van der Waals surface area contributed by atoms with Crippen LogP contribution in [0.25, 0.3) is 11.1 Å². The molecule has 3 rings (SSSR count). The minimum absolute atomic E-state index is 0.200. The van der Waals surface area contributed by atoms with Crippen LogP contribution in [-0.2, 0) is 6.54 Å². The van der Waals surface area contributed by atoms with Gasteiger partial charge in [-0.3, -0.25) is 9.78 Å². The summed E-state index contributed by atoms with van der Waals surface area (Å²) in [6.45, 7) is 0.315. The minimum atomic E-state index is -1.31. The molecule has 0 spiro atoms. The molecule has 3 aromatic rings. The molecular formula is C18H13FN2O3. The van der Waals surface area contributed by atoms with Crippen LogP contribution < -0.4 is 5.43 Å². The maximum atomic E-state index is 13.1. The number of nitrogens with zero attached hydrogens (tertiary/aromatic N) is 2. The molecule has 0 amide bonds. The van der Waals surface area contributed by atoms with Crippen molar-refractivity contribution in [2.45, 2.75) is 6.54 Å². The van der Waals surface area contributed by atoms with Crippen LogP contribution in [-0.4, -0.2) is 20.6 Å². The van der Waals surface area contributed by atoms with E-state index in [-0.39, 0.29) is 11.1 Å². The Bertz CT molecular complexity index is 935. The third kappa shape index (κ3) is 3.22. The molecule has 1 N–H and O–H groups in total. The maximum Gasteiger partial charge on any atom is 0.341 e. The molecule has 2 heterocycles. The van der Waals surface area contributed by atoms with Gasteiger partial charge in [-0.1, -0.05) is 18.2 Å². The predicted molar refractivity (Wildman–Crippen MR) is 86.4 cm³/mol. The van der Waals surface area contributed by atoms with Gasteiger partial charge in [-0.25, -0.2) is 9.18 Å². The lowest BCUT2D eigenvalue weighted by Gasteiger charge is -2.10. The molecule has 0 aliphatic rings. The van der Waals surface area contributed by atoms with Gasteiger partial charge in [0, 0.05) is 24.2 Å². The Morgan fingerprint density at radius 1 is 1.12 bits per heavy atom. The lowest BCUT2D eigenvalue weighted by Crippen LogP contribution is -2.20. The SMILES string of the molecule is O=C(O)c1cn(Cc2ccccn2)cc(-c2ccc(F)cc2)c1=O. The third-order valence-corrected chi connectivity index (χ3v) is 3.54. The highest BCUT2D eigenvalue weighted by Gasteiger charge is 2.15.